The number of anilines is 1. The molecule has 98 valence electrons. The Labute approximate surface area is 109 Å². The van der Waals surface area contributed by atoms with Crippen LogP contribution in [0.5, 0.6) is 0 Å². The Hall–Kier alpha value is -1.38. The second-order valence-electron chi connectivity index (χ2n) is 5.23. The zero-order chi connectivity index (χ0) is 13.0. The zero-order valence-electron chi connectivity index (χ0n) is 11.4. The number of rotatable bonds is 6. The molecule has 3 nitrogen and oxygen atoms in total. The van der Waals surface area contributed by atoms with Gasteiger partial charge in [-0.15, -0.1) is 0 Å². The van der Waals surface area contributed by atoms with Gasteiger partial charge in [-0.05, 0) is 36.8 Å². The van der Waals surface area contributed by atoms with Gasteiger partial charge < -0.3 is 4.90 Å². The maximum absolute atomic E-state index is 10.8. The van der Waals surface area contributed by atoms with Crippen molar-refractivity contribution < 1.29 is 4.79 Å². The molecule has 1 aromatic rings. The molecule has 1 aliphatic heterocycles. The summed E-state index contributed by atoms with van der Waals surface area (Å²) in [6, 6.07) is 3.91. The molecule has 2 heterocycles. The van der Waals surface area contributed by atoms with Crippen LogP contribution in [0.2, 0.25) is 0 Å². The Morgan fingerprint density at radius 2 is 2.22 bits per heavy atom. The number of hydrogen-bond acceptors (Lipinski definition) is 3. The van der Waals surface area contributed by atoms with Crippen LogP contribution in [0.25, 0.3) is 0 Å². The van der Waals surface area contributed by atoms with Crippen molar-refractivity contribution in [1.82, 2.24) is 4.98 Å². The van der Waals surface area contributed by atoms with Crippen molar-refractivity contribution in [2.75, 3.05) is 18.0 Å². The standard InChI is InChI=1S/C15H22N2O/c1-3-12(2)5-6-13-7-8-14(11-18)16-15(13)17-9-4-10-17/h7-8,11-12H,3-6,9-10H2,1-2H3. The van der Waals surface area contributed by atoms with E-state index < -0.39 is 0 Å². The fourth-order valence-corrected chi connectivity index (χ4v) is 2.16. The van der Waals surface area contributed by atoms with Crippen LogP contribution in [-0.4, -0.2) is 24.4 Å². The molecule has 0 aromatic carbocycles. The summed E-state index contributed by atoms with van der Waals surface area (Å²) in [4.78, 5) is 17.6. The van der Waals surface area contributed by atoms with Crippen LogP contribution in [0.3, 0.4) is 0 Å². The van der Waals surface area contributed by atoms with Gasteiger partial charge >= 0.3 is 0 Å². The second kappa shape index (κ2) is 5.98. The monoisotopic (exact) mass is 246 g/mol. The molecule has 3 heteroatoms. The number of aldehydes is 1. The van der Waals surface area contributed by atoms with Crippen molar-refractivity contribution in [3.8, 4) is 0 Å². The van der Waals surface area contributed by atoms with Gasteiger partial charge in [0, 0.05) is 13.1 Å². The Morgan fingerprint density at radius 3 is 2.78 bits per heavy atom. The van der Waals surface area contributed by atoms with E-state index in [-0.39, 0.29) is 0 Å². The number of carbonyl (C=O) groups excluding carboxylic acids is 1. The van der Waals surface area contributed by atoms with Crippen molar-refractivity contribution in [2.45, 2.75) is 39.5 Å². The smallest absolute Gasteiger partial charge is 0.168 e. The Morgan fingerprint density at radius 1 is 1.44 bits per heavy atom. The minimum absolute atomic E-state index is 0.546. The third kappa shape index (κ3) is 2.89. The molecule has 1 unspecified atom stereocenters. The van der Waals surface area contributed by atoms with Gasteiger partial charge in [-0.3, -0.25) is 4.79 Å². The number of pyridine rings is 1. The normalized spacial score (nSPS) is 16.2. The third-order valence-electron chi connectivity index (χ3n) is 3.86. The molecule has 1 saturated heterocycles. The Kier molecular flexibility index (Phi) is 4.34. The molecule has 0 aliphatic carbocycles. The molecular formula is C15H22N2O. The number of aromatic nitrogens is 1. The first kappa shape index (κ1) is 13.1. The van der Waals surface area contributed by atoms with E-state index >= 15 is 0 Å². The number of nitrogens with zero attached hydrogens (tertiary/aromatic N) is 2. The van der Waals surface area contributed by atoms with Crippen LogP contribution in [0.1, 0.15) is 49.2 Å². The Bertz CT molecular complexity index is 413. The highest BCUT2D eigenvalue weighted by molar-refractivity contribution is 5.73. The van der Waals surface area contributed by atoms with Crippen molar-refractivity contribution in [3.05, 3.63) is 23.4 Å². The minimum atomic E-state index is 0.546. The van der Waals surface area contributed by atoms with Gasteiger partial charge in [0.1, 0.15) is 11.5 Å². The SMILES string of the molecule is CCC(C)CCc1ccc(C=O)nc1N1CCC1. The van der Waals surface area contributed by atoms with Gasteiger partial charge in [-0.1, -0.05) is 26.3 Å². The first-order chi connectivity index (χ1) is 8.74. The number of hydrogen-bond donors (Lipinski definition) is 0. The molecule has 18 heavy (non-hydrogen) atoms. The fraction of sp³-hybridized carbons (Fsp3) is 0.600. The van der Waals surface area contributed by atoms with E-state index in [1.807, 2.05) is 6.07 Å². The topological polar surface area (TPSA) is 33.2 Å². The summed E-state index contributed by atoms with van der Waals surface area (Å²) in [5.41, 5.74) is 1.84. The maximum atomic E-state index is 10.8. The molecule has 0 amide bonds. The van der Waals surface area contributed by atoms with Crippen LogP contribution >= 0.6 is 0 Å². The van der Waals surface area contributed by atoms with Crippen LogP contribution in [0.15, 0.2) is 12.1 Å². The molecule has 0 bridgehead atoms. The van der Waals surface area contributed by atoms with Gasteiger partial charge in [0.05, 0.1) is 0 Å². The summed E-state index contributed by atoms with van der Waals surface area (Å²) >= 11 is 0. The summed E-state index contributed by atoms with van der Waals surface area (Å²) in [7, 11) is 0. The third-order valence-corrected chi connectivity index (χ3v) is 3.86. The number of aryl methyl sites for hydroxylation is 1. The highest BCUT2D eigenvalue weighted by atomic mass is 16.1. The van der Waals surface area contributed by atoms with Crippen molar-refractivity contribution >= 4 is 12.1 Å². The maximum Gasteiger partial charge on any atom is 0.168 e. The van der Waals surface area contributed by atoms with Crippen molar-refractivity contribution in [2.24, 2.45) is 5.92 Å². The average Bonchev–Trinajstić information content (AvgIpc) is 2.34. The summed E-state index contributed by atoms with van der Waals surface area (Å²) in [6.07, 6.45) is 5.55. The number of carbonyl (C=O) groups is 1. The molecule has 0 N–H and O–H groups in total. The second-order valence-corrected chi connectivity index (χ2v) is 5.23. The van der Waals surface area contributed by atoms with E-state index in [1.165, 1.54) is 24.8 Å². The molecule has 0 spiro atoms. The molecule has 2 rings (SSSR count). The Balaban J connectivity index is 2.14. The lowest BCUT2D eigenvalue weighted by Crippen LogP contribution is -2.38. The summed E-state index contributed by atoms with van der Waals surface area (Å²) in [6.45, 7) is 6.67. The highest BCUT2D eigenvalue weighted by Crippen LogP contribution is 2.25. The molecule has 1 aromatic heterocycles. The predicted octanol–water partition coefficient (Wildman–Crippen LogP) is 3.08. The van der Waals surface area contributed by atoms with Gasteiger partial charge in [-0.2, -0.15) is 0 Å². The summed E-state index contributed by atoms with van der Waals surface area (Å²) in [5, 5.41) is 0. The quantitative estimate of drug-likeness (QED) is 0.723. The molecule has 1 atom stereocenters. The molecule has 0 saturated carbocycles. The van der Waals surface area contributed by atoms with E-state index in [0.29, 0.717) is 5.69 Å². The van der Waals surface area contributed by atoms with E-state index in [0.717, 1.165) is 37.5 Å². The van der Waals surface area contributed by atoms with Crippen molar-refractivity contribution in [1.29, 1.82) is 0 Å². The van der Waals surface area contributed by atoms with E-state index in [4.69, 9.17) is 0 Å². The zero-order valence-corrected chi connectivity index (χ0v) is 11.4. The van der Waals surface area contributed by atoms with E-state index in [2.05, 4.69) is 29.8 Å². The highest BCUT2D eigenvalue weighted by Gasteiger charge is 2.19. The molecule has 1 fully saturated rings. The molecule has 0 radical (unpaired) electrons. The molecular weight excluding hydrogens is 224 g/mol. The van der Waals surface area contributed by atoms with E-state index in [1.54, 1.807) is 0 Å². The largest absolute Gasteiger partial charge is 0.356 e. The first-order valence-electron chi connectivity index (χ1n) is 6.94. The van der Waals surface area contributed by atoms with Crippen LogP contribution in [-0.2, 0) is 6.42 Å². The summed E-state index contributed by atoms with van der Waals surface area (Å²) < 4.78 is 0. The minimum Gasteiger partial charge on any atom is -0.356 e. The van der Waals surface area contributed by atoms with Crippen LogP contribution in [0, 0.1) is 5.92 Å². The molecule has 1 aliphatic rings. The lowest BCUT2D eigenvalue weighted by Gasteiger charge is -2.33. The predicted molar refractivity (Wildman–Crippen MR) is 74.2 cm³/mol. The van der Waals surface area contributed by atoms with Crippen molar-refractivity contribution in [3.63, 3.8) is 0 Å². The van der Waals surface area contributed by atoms with Crippen LogP contribution < -0.4 is 4.90 Å². The van der Waals surface area contributed by atoms with E-state index in [9.17, 15) is 4.79 Å². The summed E-state index contributed by atoms with van der Waals surface area (Å²) in [5.74, 6) is 1.79. The van der Waals surface area contributed by atoms with Gasteiger partial charge in [0.2, 0.25) is 0 Å². The fourth-order valence-electron chi connectivity index (χ4n) is 2.16. The van der Waals surface area contributed by atoms with Gasteiger partial charge in [0.25, 0.3) is 0 Å². The lowest BCUT2D eigenvalue weighted by atomic mass is 9.98. The van der Waals surface area contributed by atoms with Gasteiger partial charge in [-0.25, -0.2) is 4.98 Å². The lowest BCUT2D eigenvalue weighted by molar-refractivity contribution is 0.111. The first-order valence-corrected chi connectivity index (χ1v) is 6.94. The van der Waals surface area contributed by atoms with Crippen LogP contribution in [0.4, 0.5) is 5.82 Å². The average molecular weight is 246 g/mol. The van der Waals surface area contributed by atoms with Gasteiger partial charge in [0.15, 0.2) is 6.29 Å².